The molecule has 0 spiro atoms. The number of imide groups is 1. The maximum Gasteiger partial charge on any atom is 0.262 e. The summed E-state index contributed by atoms with van der Waals surface area (Å²) in [5.74, 6) is -3.15. The van der Waals surface area contributed by atoms with Gasteiger partial charge in [-0.2, -0.15) is 0 Å². The van der Waals surface area contributed by atoms with Crippen LogP contribution in [0.2, 0.25) is 0 Å². The Labute approximate surface area is 285 Å². The normalized spacial score (nSPS) is 18.3. The molecule has 0 bridgehead atoms. The fraction of sp³-hybridized carbons (Fsp3) is 0.316. The number of phenolic OH excluding ortho intramolecular Hbond substituents is 2. The van der Waals surface area contributed by atoms with Crippen molar-refractivity contribution in [3.63, 3.8) is 0 Å². The number of hydrogen-bond acceptors (Lipinski definition) is 7. The number of likely N-dealkylation sites (tertiary alicyclic amines) is 1. The molecule has 1 saturated heterocycles. The largest absolute Gasteiger partial charge is 0.505 e. The van der Waals surface area contributed by atoms with Gasteiger partial charge in [0.05, 0.1) is 54.0 Å². The summed E-state index contributed by atoms with van der Waals surface area (Å²) in [4.78, 5) is 36.0. The maximum atomic E-state index is 15.2. The number of methoxy groups -OCH3 is 2. The predicted molar refractivity (Wildman–Crippen MR) is 185 cm³/mol. The third kappa shape index (κ3) is 4.61. The second kappa shape index (κ2) is 11.6. The molecule has 0 saturated carbocycles. The molecule has 10 nitrogen and oxygen atoms in total. The Kier molecular flexibility index (Phi) is 7.41. The minimum Gasteiger partial charge on any atom is -0.505 e. The summed E-state index contributed by atoms with van der Waals surface area (Å²) in [5.41, 5.74) is 2.44. The number of rotatable bonds is 7. The molecule has 8 rings (SSSR count). The van der Waals surface area contributed by atoms with Crippen molar-refractivity contribution < 1.29 is 38.1 Å². The maximum absolute atomic E-state index is 15.2. The van der Waals surface area contributed by atoms with Gasteiger partial charge in [-0.1, -0.05) is 6.42 Å². The van der Waals surface area contributed by atoms with E-state index in [1.165, 1.54) is 32.4 Å². The number of H-pyrrole nitrogens is 1. The number of nitrogens with one attached hydrogen (secondary N) is 1. The van der Waals surface area contributed by atoms with Crippen molar-refractivity contribution in [2.24, 2.45) is 0 Å². The van der Waals surface area contributed by atoms with Crippen molar-refractivity contribution in [2.45, 2.75) is 58.3 Å². The van der Waals surface area contributed by atoms with Crippen LogP contribution in [0, 0.1) is 11.6 Å². The van der Waals surface area contributed by atoms with Gasteiger partial charge in [-0.15, -0.1) is 0 Å². The number of aromatic nitrogens is 2. The SMILES string of the molecule is COc1ccc(CN2C(=O)c3c(c4c5cc(F)c(O)cc5n(CCN5[C@H](C)CCC[C@@H]5C)c4c4[nH]c5cc(O)c(F)cc5c34)C2=O)c(OC)c1. The van der Waals surface area contributed by atoms with E-state index in [-0.39, 0.29) is 17.7 Å². The lowest BCUT2D eigenvalue weighted by Gasteiger charge is -2.39. The molecule has 3 N–H and O–H groups in total. The van der Waals surface area contributed by atoms with Crippen LogP contribution in [-0.2, 0) is 13.1 Å². The average Bonchev–Trinajstić information content (AvgIpc) is 3.68. The van der Waals surface area contributed by atoms with E-state index in [0.29, 0.717) is 85.8 Å². The highest BCUT2D eigenvalue weighted by Crippen LogP contribution is 2.47. The van der Waals surface area contributed by atoms with Crippen molar-refractivity contribution in [1.82, 2.24) is 19.4 Å². The van der Waals surface area contributed by atoms with Gasteiger partial charge in [0.15, 0.2) is 23.1 Å². The van der Waals surface area contributed by atoms with Crippen LogP contribution < -0.4 is 9.47 Å². The van der Waals surface area contributed by atoms with E-state index < -0.39 is 34.9 Å². The lowest BCUT2D eigenvalue weighted by Crippen LogP contribution is -2.45. The Morgan fingerprint density at radius 2 is 1.50 bits per heavy atom. The van der Waals surface area contributed by atoms with Gasteiger partial charge >= 0.3 is 0 Å². The molecule has 2 aromatic heterocycles. The number of nitrogens with zero attached hydrogens (tertiary/aromatic N) is 3. The zero-order chi connectivity index (χ0) is 35.2. The molecule has 2 atom stereocenters. The minimum atomic E-state index is -0.885. The van der Waals surface area contributed by atoms with E-state index in [1.54, 1.807) is 18.2 Å². The summed E-state index contributed by atoms with van der Waals surface area (Å²) >= 11 is 0. The number of ether oxygens (including phenoxy) is 2. The molecule has 4 heterocycles. The van der Waals surface area contributed by atoms with Crippen molar-refractivity contribution in [1.29, 1.82) is 0 Å². The van der Waals surface area contributed by atoms with Crippen LogP contribution in [-0.4, -0.2) is 74.2 Å². The number of piperidine rings is 1. The molecular formula is C38H36F2N4O6. The number of carbonyl (C=O) groups is 2. The number of halogens is 2. The number of fused-ring (bicyclic) bond motifs is 10. The molecule has 50 heavy (non-hydrogen) atoms. The molecule has 1 fully saturated rings. The topological polar surface area (TPSA) is 120 Å². The summed E-state index contributed by atoms with van der Waals surface area (Å²) in [7, 11) is 3.00. The summed E-state index contributed by atoms with van der Waals surface area (Å²) in [6.45, 7) is 5.30. The van der Waals surface area contributed by atoms with Crippen molar-refractivity contribution in [2.75, 3.05) is 20.8 Å². The first-order valence-electron chi connectivity index (χ1n) is 16.7. The second-order valence-electron chi connectivity index (χ2n) is 13.4. The molecule has 6 aromatic rings. The lowest BCUT2D eigenvalue weighted by molar-refractivity contribution is 0.0642. The van der Waals surface area contributed by atoms with Crippen molar-refractivity contribution in [3.8, 4) is 23.0 Å². The van der Waals surface area contributed by atoms with Gasteiger partial charge in [-0.25, -0.2) is 8.78 Å². The lowest BCUT2D eigenvalue weighted by atomic mass is 9.96. The van der Waals surface area contributed by atoms with Crippen LogP contribution in [0.5, 0.6) is 23.0 Å². The van der Waals surface area contributed by atoms with Crippen LogP contribution in [0.4, 0.5) is 8.78 Å². The molecular weight excluding hydrogens is 646 g/mol. The van der Waals surface area contributed by atoms with Gasteiger partial charge in [-0.3, -0.25) is 19.4 Å². The fourth-order valence-corrected chi connectivity index (χ4v) is 8.21. The number of amides is 2. The van der Waals surface area contributed by atoms with E-state index in [9.17, 15) is 19.8 Å². The average molecular weight is 683 g/mol. The van der Waals surface area contributed by atoms with Crippen LogP contribution in [0.15, 0.2) is 42.5 Å². The molecule has 0 unspecified atom stereocenters. The molecule has 2 amide bonds. The van der Waals surface area contributed by atoms with Gasteiger partial charge in [0, 0.05) is 70.5 Å². The van der Waals surface area contributed by atoms with Gasteiger partial charge < -0.3 is 29.2 Å². The molecule has 12 heteroatoms. The van der Waals surface area contributed by atoms with Gasteiger partial charge in [0.2, 0.25) is 0 Å². The third-order valence-corrected chi connectivity index (χ3v) is 10.7. The molecule has 2 aliphatic rings. The standard InChI is InChI=1S/C38H36F2N4O6/c1-18-6-5-7-19(2)42(18)10-11-43-27-16-29(46)25(40)14-23(27)32-34-33(31-22-13-24(39)28(45)15-26(22)41-35(31)36(32)43)37(47)44(38(34)48)17-20-8-9-21(49-3)12-30(20)50-4/h8-9,12-16,18-19,41,45-46H,5-7,10-11,17H2,1-4H3/t18-,19+. The van der Waals surface area contributed by atoms with Crippen LogP contribution in [0.3, 0.4) is 0 Å². The Bertz CT molecular complexity index is 2410. The van der Waals surface area contributed by atoms with Crippen LogP contribution >= 0.6 is 0 Å². The Morgan fingerprint density at radius 1 is 0.840 bits per heavy atom. The smallest absolute Gasteiger partial charge is 0.262 e. The summed E-state index contributed by atoms with van der Waals surface area (Å²) in [6, 6.07) is 10.7. The van der Waals surface area contributed by atoms with E-state index in [1.807, 2.05) is 4.57 Å². The fourth-order valence-electron chi connectivity index (χ4n) is 8.21. The zero-order valence-corrected chi connectivity index (χ0v) is 28.1. The predicted octanol–water partition coefficient (Wildman–Crippen LogP) is 7.19. The third-order valence-electron chi connectivity index (χ3n) is 10.7. The van der Waals surface area contributed by atoms with E-state index in [0.717, 1.165) is 30.2 Å². The first-order chi connectivity index (χ1) is 24.0. The van der Waals surface area contributed by atoms with Crippen LogP contribution in [0.25, 0.3) is 43.6 Å². The number of aromatic amines is 1. The summed E-state index contributed by atoms with van der Waals surface area (Å²) < 4.78 is 43.1. The first kappa shape index (κ1) is 31.9. The number of carbonyl (C=O) groups excluding carboxylic acids is 2. The summed E-state index contributed by atoms with van der Waals surface area (Å²) in [6.07, 6.45) is 3.26. The van der Waals surface area contributed by atoms with Gasteiger partial charge in [0.25, 0.3) is 11.8 Å². The number of aromatic hydroxyl groups is 2. The highest BCUT2D eigenvalue weighted by atomic mass is 19.1. The quantitative estimate of drug-likeness (QED) is 0.153. The monoisotopic (exact) mass is 682 g/mol. The van der Waals surface area contributed by atoms with E-state index in [2.05, 4.69) is 23.7 Å². The molecule has 0 aliphatic carbocycles. The van der Waals surface area contributed by atoms with Crippen molar-refractivity contribution >= 4 is 55.4 Å². The zero-order valence-electron chi connectivity index (χ0n) is 28.1. The Hall–Kier alpha value is -5.36. The van der Waals surface area contributed by atoms with Gasteiger partial charge in [-0.05, 0) is 51.0 Å². The molecule has 0 radical (unpaired) electrons. The molecule has 4 aromatic carbocycles. The Balaban J connectivity index is 1.42. The first-order valence-corrected chi connectivity index (χ1v) is 16.7. The van der Waals surface area contributed by atoms with E-state index >= 15 is 8.78 Å². The number of hydrogen-bond donors (Lipinski definition) is 3. The van der Waals surface area contributed by atoms with E-state index in [4.69, 9.17) is 9.47 Å². The Morgan fingerprint density at radius 3 is 2.18 bits per heavy atom. The molecule has 258 valence electrons. The number of benzene rings is 4. The number of phenols is 2. The highest BCUT2D eigenvalue weighted by molar-refractivity contribution is 6.39. The second-order valence-corrected chi connectivity index (χ2v) is 13.4. The van der Waals surface area contributed by atoms with Crippen molar-refractivity contribution in [3.05, 3.63) is 70.8 Å². The summed E-state index contributed by atoms with van der Waals surface area (Å²) in [5, 5.41) is 22.3. The molecule has 2 aliphatic heterocycles. The van der Waals surface area contributed by atoms with Crippen LogP contribution in [0.1, 0.15) is 59.4 Å². The van der Waals surface area contributed by atoms with Gasteiger partial charge in [0.1, 0.15) is 11.5 Å². The highest BCUT2D eigenvalue weighted by Gasteiger charge is 2.42. The minimum absolute atomic E-state index is 0.0483.